The fourth-order valence-corrected chi connectivity index (χ4v) is 5.60. The molecule has 39 heavy (non-hydrogen) atoms. The Balaban J connectivity index is 1.38. The number of hydrogen-bond donors (Lipinski definition) is 0. The minimum atomic E-state index is -0.0533. The Bertz CT molecular complexity index is 1110. The summed E-state index contributed by atoms with van der Waals surface area (Å²) >= 11 is 0. The van der Waals surface area contributed by atoms with Crippen molar-refractivity contribution in [2.24, 2.45) is 0 Å². The lowest BCUT2D eigenvalue weighted by atomic mass is 9.96. The van der Waals surface area contributed by atoms with Gasteiger partial charge >= 0.3 is 0 Å². The molecule has 0 N–H and O–H groups in total. The van der Waals surface area contributed by atoms with E-state index in [2.05, 4.69) is 91.5 Å². The second-order valence-electron chi connectivity index (χ2n) is 10.5. The zero-order valence-corrected chi connectivity index (χ0v) is 23.5. The molecule has 0 aliphatic carbocycles. The molecule has 1 atom stereocenters. The van der Waals surface area contributed by atoms with Crippen LogP contribution in [0.25, 0.3) is 0 Å². The molecule has 0 bridgehead atoms. The number of carbonyl (C=O) groups excluding carboxylic acids is 2. The molecule has 3 aromatic rings. The van der Waals surface area contributed by atoms with Crippen LogP contribution in [-0.4, -0.2) is 59.2 Å². The number of nitrogens with zero attached hydrogens (tertiary/aromatic N) is 3. The van der Waals surface area contributed by atoms with E-state index in [1.165, 1.54) is 11.1 Å². The van der Waals surface area contributed by atoms with Crippen LogP contribution in [0.4, 0.5) is 0 Å². The van der Waals surface area contributed by atoms with Crippen LogP contribution in [0.3, 0.4) is 0 Å². The third-order valence-corrected chi connectivity index (χ3v) is 7.89. The zero-order chi connectivity index (χ0) is 27.5. The third-order valence-electron chi connectivity index (χ3n) is 7.89. The summed E-state index contributed by atoms with van der Waals surface area (Å²) < 4.78 is 0. The topological polar surface area (TPSA) is 43.9 Å². The molecule has 2 amide bonds. The van der Waals surface area contributed by atoms with Crippen LogP contribution < -0.4 is 0 Å². The van der Waals surface area contributed by atoms with Crippen molar-refractivity contribution in [3.8, 4) is 0 Å². The number of unbranched alkanes of at least 4 members (excludes halogenated alkanes) is 2. The molecular formula is C34H43N3O2. The SMILES string of the molecule is CCCCCC(=O)N(CCC(=O)N1CCN(C(c2ccccc2)c2ccccc2)CC1)C(C)c1ccccc1. The molecule has 4 rings (SSSR count). The van der Waals surface area contributed by atoms with Crippen LogP contribution in [0.15, 0.2) is 91.0 Å². The van der Waals surface area contributed by atoms with E-state index >= 15 is 0 Å². The average Bonchev–Trinajstić information content (AvgIpc) is 2.99. The molecule has 0 saturated carbocycles. The van der Waals surface area contributed by atoms with Crippen LogP contribution in [0.2, 0.25) is 0 Å². The summed E-state index contributed by atoms with van der Waals surface area (Å²) in [5.74, 6) is 0.281. The Hall–Kier alpha value is -3.44. The van der Waals surface area contributed by atoms with Crippen molar-refractivity contribution >= 4 is 11.8 Å². The average molecular weight is 526 g/mol. The summed E-state index contributed by atoms with van der Waals surface area (Å²) in [4.78, 5) is 32.9. The molecule has 5 nitrogen and oxygen atoms in total. The summed E-state index contributed by atoms with van der Waals surface area (Å²) in [5, 5.41) is 0. The summed E-state index contributed by atoms with van der Waals surface area (Å²) in [5.41, 5.74) is 3.65. The van der Waals surface area contributed by atoms with Crippen LogP contribution >= 0.6 is 0 Å². The molecule has 0 radical (unpaired) electrons. The molecule has 3 aromatic carbocycles. The lowest BCUT2D eigenvalue weighted by Gasteiger charge is -2.40. The first-order valence-corrected chi connectivity index (χ1v) is 14.5. The second-order valence-corrected chi connectivity index (χ2v) is 10.5. The fraction of sp³-hybridized carbons (Fsp3) is 0.412. The predicted molar refractivity (Wildman–Crippen MR) is 158 cm³/mol. The molecule has 0 spiro atoms. The van der Waals surface area contributed by atoms with Gasteiger partial charge in [0.25, 0.3) is 0 Å². The lowest BCUT2D eigenvalue weighted by molar-refractivity contribution is -0.137. The number of rotatable bonds is 12. The quantitative estimate of drug-likeness (QED) is 0.254. The van der Waals surface area contributed by atoms with Crippen molar-refractivity contribution in [1.29, 1.82) is 0 Å². The van der Waals surface area contributed by atoms with Crippen molar-refractivity contribution in [3.05, 3.63) is 108 Å². The number of carbonyl (C=O) groups is 2. The normalized spacial score (nSPS) is 14.8. The molecule has 5 heteroatoms. The van der Waals surface area contributed by atoms with E-state index in [-0.39, 0.29) is 23.9 Å². The first-order chi connectivity index (χ1) is 19.1. The van der Waals surface area contributed by atoms with Crippen LogP contribution in [0.5, 0.6) is 0 Å². The monoisotopic (exact) mass is 525 g/mol. The largest absolute Gasteiger partial charge is 0.340 e. The van der Waals surface area contributed by atoms with Crippen LogP contribution in [0.1, 0.15) is 74.7 Å². The molecule has 1 saturated heterocycles. The van der Waals surface area contributed by atoms with Gasteiger partial charge in [0.1, 0.15) is 0 Å². The Labute approximate surface area is 234 Å². The van der Waals surface area contributed by atoms with Crippen LogP contribution in [0, 0.1) is 0 Å². The molecule has 1 fully saturated rings. The highest BCUT2D eigenvalue weighted by molar-refractivity contribution is 5.79. The predicted octanol–water partition coefficient (Wildman–Crippen LogP) is 6.48. The highest BCUT2D eigenvalue weighted by Crippen LogP contribution is 2.29. The third kappa shape index (κ3) is 7.79. The molecule has 1 aliphatic heterocycles. The van der Waals surface area contributed by atoms with Gasteiger partial charge in [0.2, 0.25) is 11.8 Å². The fourth-order valence-electron chi connectivity index (χ4n) is 5.60. The standard InChI is InChI=1S/C34H43N3O2/c1-3-4-8-21-33(39)37(28(2)29-15-9-5-10-16-29)23-22-32(38)35-24-26-36(27-25-35)34(30-17-11-6-12-18-30)31-19-13-7-14-20-31/h5-7,9-20,28,34H,3-4,8,21-27H2,1-2H3. The van der Waals surface area contributed by atoms with Crippen molar-refractivity contribution in [3.63, 3.8) is 0 Å². The highest BCUT2D eigenvalue weighted by atomic mass is 16.2. The van der Waals surface area contributed by atoms with Crippen molar-refractivity contribution < 1.29 is 9.59 Å². The molecule has 0 aromatic heterocycles. The minimum absolute atomic E-state index is 0.0533. The maximum Gasteiger partial charge on any atom is 0.224 e. The van der Waals surface area contributed by atoms with Gasteiger partial charge in [-0.25, -0.2) is 0 Å². The maximum absolute atomic E-state index is 13.3. The number of benzene rings is 3. The van der Waals surface area contributed by atoms with Gasteiger partial charge in [-0.2, -0.15) is 0 Å². The van der Waals surface area contributed by atoms with Crippen molar-refractivity contribution in [1.82, 2.24) is 14.7 Å². The number of hydrogen-bond acceptors (Lipinski definition) is 3. The van der Waals surface area contributed by atoms with Gasteiger partial charge < -0.3 is 9.80 Å². The molecule has 1 aliphatic rings. The summed E-state index contributed by atoms with van der Waals surface area (Å²) in [7, 11) is 0. The van der Waals surface area contributed by atoms with Gasteiger partial charge in [-0.1, -0.05) is 111 Å². The highest BCUT2D eigenvalue weighted by Gasteiger charge is 2.29. The second kappa shape index (κ2) is 14.6. The zero-order valence-electron chi connectivity index (χ0n) is 23.5. The van der Waals surface area contributed by atoms with Crippen molar-refractivity contribution in [2.75, 3.05) is 32.7 Å². The molecular weight excluding hydrogens is 482 g/mol. The van der Waals surface area contributed by atoms with E-state index in [0.717, 1.165) is 37.9 Å². The summed E-state index contributed by atoms with van der Waals surface area (Å²) in [6.45, 7) is 7.72. The van der Waals surface area contributed by atoms with Gasteiger partial charge in [-0.15, -0.1) is 0 Å². The summed E-state index contributed by atoms with van der Waals surface area (Å²) in [6.07, 6.45) is 3.93. The Kier molecular flexibility index (Phi) is 10.7. The Morgan fingerprint density at radius 1 is 0.718 bits per heavy atom. The Morgan fingerprint density at radius 3 is 1.74 bits per heavy atom. The van der Waals surface area contributed by atoms with Gasteiger partial charge in [-0.3, -0.25) is 14.5 Å². The van der Waals surface area contributed by atoms with Crippen molar-refractivity contribution in [2.45, 2.75) is 58.0 Å². The first kappa shape index (κ1) is 28.6. The van der Waals surface area contributed by atoms with Gasteiger partial charge in [0.15, 0.2) is 0 Å². The maximum atomic E-state index is 13.3. The molecule has 1 heterocycles. The minimum Gasteiger partial charge on any atom is -0.340 e. The number of piperazine rings is 1. The van der Waals surface area contributed by atoms with E-state index < -0.39 is 0 Å². The smallest absolute Gasteiger partial charge is 0.224 e. The van der Waals surface area contributed by atoms with E-state index in [9.17, 15) is 9.59 Å². The Morgan fingerprint density at radius 2 is 1.23 bits per heavy atom. The summed E-state index contributed by atoms with van der Waals surface area (Å²) in [6, 6.07) is 31.5. The van der Waals surface area contributed by atoms with E-state index in [1.54, 1.807) is 0 Å². The van der Waals surface area contributed by atoms with Crippen LogP contribution in [-0.2, 0) is 9.59 Å². The van der Waals surface area contributed by atoms with Gasteiger partial charge in [0.05, 0.1) is 12.1 Å². The van der Waals surface area contributed by atoms with E-state index in [0.29, 0.717) is 32.5 Å². The first-order valence-electron chi connectivity index (χ1n) is 14.5. The lowest BCUT2D eigenvalue weighted by Crippen LogP contribution is -2.50. The van der Waals surface area contributed by atoms with Gasteiger partial charge in [0, 0.05) is 45.6 Å². The van der Waals surface area contributed by atoms with E-state index in [1.807, 2.05) is 28.0 Å². The molecule has 206 valence electrons. The number of amides is 2. The van der Waals surface area contributed by atoms with Gasteiger partial charge in [-0.05, 0) is 30.0 Å². The molecule has 1 unspecified atom stereocenters. The van der Waals surface area contributed by atoms with E-state index in [4.69, 9.17) is 0 Å².